The molecule has 222 valence electrons. The monoisotopic (exact) mass is 596 g/mol. The Kier molecular flexibility index (Phi) is 8.64. The third-order valence-corrected chi connectivity index (χ3v) is 8.05. The van der Waals surface area contributed by atoms with Gasteiger partial charge in [-0.15, -0.1) is 0 Å². The van der Waals surface area contributed by atoms with Gasteiger partial charge in [-0.3, -0.25) is 19.0 Å². The number of benzene rings is 1. The number of hydrogen-bond donors (Lipinski definition) is 2. The minimum atomic E-state index is -0.392. The van der Waals surface area contributed by atoms with Gasteiger partial charge in [0.1, 0.15) is 17.1 Å². The molecule has 2 aromatic heterocycles. The number of H-pyrrole nitrogens is 1. The fourth-order valence-corrected chi connectivity index (χ4v) is 5.68. The predicted octanol–water partition coefficient (Wildman–Crippen LogP) is 1.90. The molecule has 12 nitrogen and oxygen atoms in total. The van der Waals surface area contributed by atoms with Crippen LogP contribution in [0.4, 0.5) is 0 Å². The van der Waals surface area contributed by atoms with Crippen molar-refractivity contribution in [1.82, 2.24) is 24.8 Å². The van der Waals surface area contributed by atoms with E-state index < -0.39 is 6.04 Å². The lowest BCUT2D eigenvalue weighted by Crippen LogP contribution is -2.43. The fourth-order valence-electron chi connectivity index (χ4n) is 5.39. The smallest absolute Gasteiger partial charge is 0.257 e. The Bertz CT molecular complexity index is 1670. The van der Waals surface area contributed by atoms with E-state index in [4.69, 9.17) is 30.8 Å². The molecule has 4 heterocycles. The number of carbonyl (C=O) groups excluding carboxylic acids is 2. The molecule has 2 aliphatic heterocycles. The number of methoxy groups -OCH3 is 2. The number of nitrogens with one attached hydrogen (secondary N) is 2. The molecule has 0 unspecified atom stereocenters. The number of aromatic nitrogens is 3. The maximum absolute atomic E-state index is 13.6. The molecular formula is C29H33ClN6O6. The van der Waals surface area contributed by atoms with Gasteiger partial charge in [0.05, 0.1) is 44.5 Å². The van der Waals surface area contributed by atoms with E-state index in [0.29, 0.717) is 72.1 Å². The molecule has 0 saturated carbocycles. The zero-order valence-corrected chi connectivity index (χ0v) is 24.4. The molecule has 2 aliphatic rings. The molecule has 3 atom stereocenters. The minimum Gasteiger partial charge on any atom is -0.497 e. The standard InChI is InChI=1S/C29H33ClN6O6/c1-5-25(38)32-22-14-42-15-23(22)33-29-31-11-18-8-21(20-9-19(40-3)10-24(41-4)26(20)30)28(39)34-27(18)36(29)13-17-6-7-35(12-17)16(2)37/h5,8-11,17,22-23H,1,6-7,12-15H2,2-4H3,(H,32,38)(H,34,39)/t17-,22-,23+/m0/s1. The van der Waals surface area contributed by atoms with Crippen LogP contribution in [0.15, 0.2) is 46.8 Å². The van der Waals surface area contributed by atoms with Gasteiger partial charge in [0.25, 0.3) is 5.56 Å². The Morgan fingerprint density at radius 3 is 2.76 bits per heavy atom. The zero-order chi connectivity index (χ0) is 30.0. The number of ether oxygens (including phenoxy) is 3. The van der Waals surface area contributed by atoms with Gasteiger partial charge in [-0.2, -0.15) is 0 Å². The first-order valence-electron chi connectivity index (χ1n) is 13.6. The molecular weight excluding hydrogens is 564 g/mol. The van der Waals surface area contributed by atoms with Crippen molar-refractivity contribution >= 4 is 34.4 Å². The topological polar surface area (TPSA) is 140 Å². The quantitative estimate of drug-likeness (QED) is 0.379. The minimum absolute atomic E-state index is 0.0241. The normalized spacial score (nSPS) is 20.6. The van der Waals surface area contributed by atoms with Crippen molar-refractivity contribution in [2.75, 3.05) is 40.5 Å². The Morgan fingerprint density at radius 1 is 1.26 bits per heavy atom. The molecule has 3 aromatic rings. The largest absolute Gasteiger partial charge is 0.497 e. The summed E-state index contributed by atoms with van der Waals surface area (Å²) < 4.78 is 18.3. The van der Waals surface area contributed by atoms with E-state index in [1.807, 2.05) is 9.47 Å². The van der Waals surface area contributed by atoms with Gasteiger partial charge in [-0.1, -0.05) is 18.2 Å². The van der Waals surface area contributed by atoms with Crippen LogP contribution in [0.2, 0.25) is 5.02 Å². The van der Waals surface area contributed by atoms with E-state index in [9.17, 15) is 14.4 Å². The first-order valence-corrected chi connectivity index (χ1v) is 13.9. The Morgan fingerprint density at radius 2 is 2.07 bits per heavy atom. The lowest BCUT2D eigenvalue weighted by molar-refractivity contribution is -0.128. The van der Waals surface area contributed by atoms with E-state index >= 15 is 0 Å². The summed E-state index contributed by atoms with van der Waals surface area (Å²) in [4.78, 5) is 51.9. The highest BCUT2D eigenvalue weighted by atomic mass is 35.5. The van der Waals surface area contributed by atoms with Gasteiger partial charge in [-0.25, -0.2) is 9.98 Å². The second-order valence-corrected chi connectivity index (χ2v) is 10.7. The summed E-state index contributed by atoms with van der Waals surface area (Å²) in [6, 6.07) is 4.31. The third-order valence-electron chi connectivity index (χ3n) is 7.66. The molecule has 42 heavy (non-hydrogen) atoms. The van der Waals surface area contributed by atoms with Crippen molar-refractivity contribution in [2.45, 2.75) is 32.0 Å². The zero-order valence-electron chi connectivity index (χ0n) is 23.7. The molecule has 2 saturated heterocycles. The number of fused-ring (bicyclic) bond motifs is 1. The van der Waals surface area contributed by atoms with Gasteiger partial charge in [0.2, 0.25) is 17.4 Å². The van der Waals surface area contributed by atoms with Crippen molar-refractivity contribution in [3.05, 3.63) is 58.0 Å². The van der Waals surface area contributed by atoms with Crippen LogP contribution < -0.4 is 26.0 Å². The molecule has 0 spiro atoms. The Balaban J connectivity index is 1.63. The van der Waals surface area contributed by atoms with Crippen LogP contribution in [0.1, 0.15) is 13.3 Å². The first-order chi connectivity index (χ1) is 20.2. The number of amides is 2. The predicted molar refractivity (Wildman–Crippen MR) is 157 cm³/mol. The van der Waals surface area contributed by atoms with Crippen molar-refractivity contribution < 1.29 is 23.8 Å². The summed E-state index contributed by atoms with van der Waals surface area (Å²) in [5.41, 5.74) is 1.30. The number of rotatable bonds is 8. The molecule has 0 bridgehead atoms. The number of halogens is 1. The molecule has 2 N–H and O–H groups in total. The van der Waals surface area contributed by atoms with E-state index in [-0.39, 0.29) is 34.4 Å². The summed E-state index contributed by atoms with van der Waals surface area (Å²) in [5.74, 6) is 0.694. The molecule has 5 rings (SSSR count). The van der Waals surface area contributed by atoms with Gasteiger partial charge >= 0.3 is 0 Å². The average molecular weight is 597 g/mol. The van der Waals surface area contributed by atoms with Crippen molar-refractivity contribution in [3.63, 3.8) is 0 Å². The van der Waals surface area contributed by atoms with Gasteiger partial charge in [-0.05, 0) is 30.5 Å². The highest BCUT2D eigenvalue weighted by Crippen LogP contribution is 2.38. The fraction of sp³-hybridized carbons (Fsp3) is 0.414. The summed E-state index contributed by atoms with van der Waals surface area (Å²) in [6.45, 7) is 7.40. The Hall–Kier alpha value is -4.16. The highest BCUT2D eigenvalue weighted by molar-refractivity contribution is 6.35. The molecule has 2 fully saturated rings. The Labute approximate surface area is 247 Å². The van der Waals surface area contributed by atoms with E-state index in [1.54, 1.807) is 31.3 Å². The number of pyridine rings is 1. The number of carbonyl (C=O) groups is 2. The van der Waals surface area contributed by atoms with Crippen molar-refractivity contribution in [3.8, 4) is 22.6 Å². The SMILES string of the molecule is C=CC(=O)N[C@H]1COC[C@H]1N=c1ncc2cc(-c3cc(OC)cc(OC)c3Cl)c(=O)[nH]c2n1C[C@H]1CCN(C(C)=O)C1. The van der Waals surface area contributed by atoms with Crippen LogP contribution in [0.25, 0.3) is 22.2 Å². The summed E-state index contributed by atoms with van der Waals surface area (Å²) >= 11 is 6.61. The third kappa shape index (κ3) is 5.90. The summed E-state index contributed by atoms with van der Waals surface area (Å²) in [5, 5.41) is 3.79. The molecule has 0 aliphatic carbocycles. The second-order valence-electron chi connectivity index (χ2n) is 10.3. The highest BCUT2D eigenvalue weighted by Gasteiger charge is 2.30. The molecule has 13 heteroatoms. The van der Waals surface area contributed by atoms with Crippen molar-refractivity contribution in [2.24, 2.45) is 10.9 Å². The van der Waals surface area contributed by atoms with E-state index in [2.05, 4.69) is 21.9 Å². The van der Waals surface area contributed by atoms with Gasteiger partial charge in [0, 0.05) is 55.3 Å². The van der Waals surface area contributed by atoms with Crippen LogP contribution in [-0.2, 0) is 20.9 Å². The van der Waals surface area contributed by atoms with Gasteiger partial charge < -0.3 is 29.4 Å². The number of nitrogens with zero attached hydrogens (tertiary/aromatic N) is 4. The average Bonchev–Trinajstić information content (AvgIpc) is 3.64. The van der Waals surface area contributed by atoms with Crippen LogP contribution in [0.5, 0.6) is 11.5 Å². The van der Waals surface area contributed by atoms with E-state index in [0.717, 1.165) is 6.42 Å². The van der Waals surface area contributed by atoms with Gasteiger partial charge in [0.15, 0.2) is 0 Å². The summed E-state index contributed by atoms with van der Waals surface area (Å²) in [6.07, 6.45) is 3.64. The van der Waals surface area contributed by atoms with Crippen LogP contribution >= 0.6 is 11.6 Å². The summed E-state index contributed by atoms with van der Waals surface area (Å²) in [7, 11) is 3.01. The number of likely N-dealkylation sites (tertiary alicyclic amines) is 1. The number of hydrogen-bond acceptors (Lipinski definition) is 8. The van der Waals surface area contributed by atoms with Crippen molar-refractivity contribution in [1.29, 1.82) is 0 Å². The number of aromatic amines is 1. The van der Waals surface area contributed by atoms with Crippen LogP contribution in [0.3, 0.4) is 0 Å². The van der Waals surface area contributed by atoms with Crippen LogP contribution in [-0.4, -0.2) is 83.9 Å². The van der Waals surface area contributed by atoms with E-state index in [1.165, 1.54) is 20.3 Å². The lowest BCUT2D eigenvalue weighted by Gasteiger charge is -2.19. The molecule has 1 aromatic carbocycles. The maximum Gasteiger partial charge on any atom is 0.257 e. The van der Waals surface area contributed by atoms with Crippen LogP contribution in [0, 0.1) is 5.92 Å². The second kappa shape index (κ2) is 12.4. The first kappa shape index (κ1) is 29.3. The molecule has 0 radical (unpaired) electrons. The maximum atomic E-state index is 13.6. The lowest BCUT2D eigenvalue weighted by atomic mass is 10.0. The molecule has 2 amide bonds.